The fourth-order valence-electron chi connectivity index (χ4n) is 7.12. The molecule has 0 radical (unpaired) electrons. The maximum Gasteiger partial charge on any atom is 0.418 e. The number of aliphatic hydroxyl groups is 1. The molecule has 74 heavy (non-hydrogen) atoms. The van der Waals surface area contributed by atoms with Gasteiger partial charge in [-0.2, -0.15) is 9.83 Å². The van der Waals surface area contributed by atoms with Gasteiger partial charge in [-0.25, -0.2) is 38.1 Å². The molecule has 3 amide bonds. The highest BCUT2D eigenvalue weighted by molar-refractivity contribution is 7.10. The van der Waals surface area contributed by atoms with Gasteiger partial charge in [-0.1, -0.05) is 31.2 Å². The van der Waals surface area contributed by atoms with Gasteiger partial charge < -0.3 is 39.0 Å². The van der Waals surface area contributed by atoms with Crippen molar-refractivity contribution >= 4 is 53.2 Å². The van der Waals surface area contributed by atoms with E-state index in [0.717, 1.165) is 32.9 Å². The van der Waals surface area contributed by atoms with Crippen LogP contribution >= 0.6 is 11.3 Å². The lowest BCUT2D eigenvalue weighted by Crippen LogP contribution is -2.42. The average molecular weight is 1040 g/mol. The molecule has 25 heteroatoms. The van der Waals surface area contributed by atoms with Crippen molar-refractivity contribution in [2.75, 3.05) is 51.1 Å². The zero-order valence-corrected chi connectivity index (χ0v) is 42.0. The van der Waals surface area contributed by atoms with Crippen molar-refractivity contribution in [3.63, 3.8) is 0 Å². The SMILES string of the molecule is CNCC(=O)OCc1cccnc1N(C)C(=O)OC(C)OC(=O)N(C)CC(=O)OCc1cccnc1N(C)C(=O)OC(C)[n+]1cnn(C[C@@](O)(c2cc(F)ccc2F)[C@@H](C)c2nc(-c3ccc(C#N)cc3)cs2)c1. The first kappa shape index (κ1) is 54.9. The fraction of sp³-hybridized carbons (Fsp3) is 0.327. The van der Waals surface area contributed by atoms with Gasteiger partial charge in [-0.3, -0.25) is 19.4 Å². The van der Waals surface area contributed by atoms with Crippen LogP contribution in [-0.2, 0) is 58.6 Å². The monoisotopic (exact) mass is 1040 g/mol. The average Bonchev–Trinajstić information content (AvgIpc) is 4.08. The first-order chi connectivity index (χ1) is 35.3. The van der Waals surface area contributed by atoms with E-state index in [2.05, 4.69) is 26.5 Å². The van der Waals surface area contributed by atoms with Crippen LogP contribution < -0.4 is 19.7 Å². The highest BCUT2D eigenvalue weighted by atomic mass is 32.1. The Labute approximate surface area is 427 Å². The Morgan fingerprint density at radius 3 is 2.09 bits per heavy atom. The molecule has 2 unspecified atom stereocenters. The molecular formula is C49H52F2N11O11S+. The van der Waals surface area contributed by atoms with Crippen LogP contribution in [0.2, 0.25) is 0 Å². The summed E-state index contributed by atoms with van der Waals surface area (Å²) < 4.78 is 59.6. The highest BCUT2D eigenvalue weighted by Crippen LogP contribution is 2.41. The van der Waals surface area contributed by atoms with Crippen molar-refractivity contribution in [1.82, 2.24) is 34.9 Å². The Hall–Kier alpha value is -8.47. The number of ether oxygens (including phenoxy) is 5. The van der Waals surface area contributed by atoms with Gasteiger partial charge in [0.15, 0.2) is 0 Å². The second kappa shape index (κ2) is 24.8. The summed E-state index contributed by atoms with van der Waals surface area (Å²) in [6.45, 7) is 2.92. The predicted molar refractivity (Wildman–Crippen MR) is 258 cm³/mol. The Kier molecular flexibility index (Phi) is 18.4. The van der Waals surface area contributed by atoms with E-state index in [9.17, 15) is 38.7 Å². The number of carbonyl (C=O) groups excluding carboxylic acids is 5. The summed E-state index contributed by atoms with van der Waals surface area (Å²) in [5, 5.41) is 30.8. The molecule has 0 fully saturated rings. The van der Waals surface area contributed by atoms with Crippen LogP contribution in [0.25, 0.3) is 11.3 Å². The summed E-state index contributed by atoms with van der Waals surface area (Å²) in [6, 6.07) is 17.9. The summed E-state index contributed by atoms with van der Waals surface area (Å²) >= 11 is 1.21. The molecular weight excluding hydrogens is 989 g/mol. The second-order valence-electron chi connectivity index (χ2n) is 16.5. The molecule has 4 heterocycles. The third kappa shape index (κ3) is 13.7. The Morgan fingerprint density at radius 2 is 1.47 bits per heavy atom. The molecule has 0 saturated carbocycles. The highest BCUT2D eigenvalue weighted by Gasteiger charge is 2.44. The van der Waals surface area contributed by atoms with Gasteiger partial charge in [0.2, 0.25) is 18.8 Å². The molecule has 0 aliphatic heterocycles. The third-order valence-electron chi connectivity index (χ3n) is 11.2. The number of aromatic nitrogens is 6. The first-order valence-electron chi connectivity index (χ1n) is 22.5. The smallest absolute Gasteiger partial charge is 0.418 e. The number of likely N-dealkylation sites (N-methyl/N-ethyl adjacent to an activating group) is 2. The lowest BCUT2D eigenvalue weighted by atomic mass is 9.82. The van der Waals surface area contributed by atoms with Crippen LogP contribution in [0.1, 0.15) is 60.2 Å². The number of hydrogen-bond acceptors (Lipinski definition) is 18. The molecule has 4 atom stereocenters. The number of carbonyl (C=O) groups is 5. The van der Waals surface area contributed by atoms with E-state index in [1.807, 2.05) is 0 Å². The van der Waals surface area contributed by atoms with Crippen LogP contribution in [0, 0.1) is 23.0 Å². The van der Waals surface area contributed by atoms with Gasteiger partial charge in [0.05, 0.1) is 28.9 Å². The third-order valence-corrected chi connectivity index (χ3v) is 12.3. The van der Waals surface area contributed by atoms with Gasteiger partial charge in [-0.15, -0.1) is 16.0 Å². The predicted octanol–water partition coefficient (Wildman–Crippen LogP) is 5.71. The summed E-state index contributed by atoms with van der Waals surface area (Å²) in [6.07, 6.45) is 0.271. The summed E-state index contributed by atoms with van der Waals surface area (Å²) in [7, 11) is 5.59. The summed E-state index contributed by atoms with van der Waals surface area (Å²) in [4.78, 5) is 80.2. The largest absolute Gasteiger partial charge is 0.460 e. The lowest BCUT2D eigenvalue weighted by Gasteiger charge is -2.32. The topological polar surface area (TPSA) is 258 Å². The molecule has 0 aliphatic carbocycles. The molecule has 0 spiro atoms. The normalized spacial score (nSPS) is 13.0. The molecule has 2 N–H and O–H groups in total. The van der Waals surface area contributed by atoms with E-state index in [0.29, 0.717) is 27.4 Å². The number of nitriles is 1. The van der Waals surface area contributed by atoms with Crippen LogP contribution in [-0.4, -0.2) is 113 Å². The number of nitrogens with zero attached hydrogens (tertiary/aromatic N) is 10. The number of rotatable bonds is 20. The Morgan fingerprint density at radius 1 is 0.865 bits per heavy atom. The van der Waals surface area contributed by atoms with Gasteiger partial charge >= 0.3 is 30.2 Å². The number of hydrogen-bond donors (Lipinski definition) is 2. The van der Waals surface area contributed by atoms with Gasteiger partial charge in [-0.05, 0) is 49.5 Å². The number of amides is 3. The van der Waals surface area contributed by atoms with Crippen LogP contribution in [0.3, 0.4) is 0 Å². The molecule has 6 aromatic rings. The Bertz CT molecular complexity index is 3010. The Balaban J connectivity index is 1.03. The number of benzene rings is 2. The quantitative estimate of drug-likeness (QED) is 0.0402. The van der Waals surface area contributed by atoms with Gasteiger partial charge in [0.1, 0.15) is 55.2 Å². The summed E-state index contributed by atoms with van der Waals surface area (Å²) in [5.74, 6) is -3.72. The van der Waals surface area contributed by atoms with E-state index >= 15 is 4.39 Å². The molecule has 0 saturated heterocycles. The van der Waals surface area contributed by atoms with Crippen molar-refractivity contribution in [3.05, 3.63) is 136 Å². The fourth-order valence-corrected chi connectivity index (χ4v) is 8.09. The molecule has 6 rings (SSSR count). The molecule has 0 bridgehead atoms. The maximum atomic E-state index is 15.5. The minimum absolute atomic E-state index is 0.0177. The number of pyridine rings is 2. The first-order valence-corrected chi connectivity index (χ1v) is 23.4. The van der Waals surface area contributed by atoms with Crippen LogP contribution in [0.15, 0.2) is 97.2 Å². The minimum atomic E-state index is -2.11. The van der Waals surface area contributed by atoms with E-state index in [1.54, 1.807) is 67.9 Å². The van der Waals surface area contributed by atoms with E-state index in [4.69, 9.17) is 28.7 Å². The van der Waals surface area contributed by atoms with Crippen LogP contribution in [0.5, 0.6) is 0 Å². The molecule has 388 valence electrons. The number of thiazole rings is 1. The zero-order valence-electron chi connectivity index (χ0n) is 41.2. The number of anilines is 2. The van der Waals surface area contributed by atoms with Crippen molar-refractivity contribution in [3.8, 4) is 17.3 Å². The van der Waals surface area contributed by atoms with Crippen molar-refractivity contribution in [1.29, 1.82) is 5.26 Å². The standard InChI is InChI=1S/C49H52F2N11O11S/c1-30(45-57-40(26-74-45)34-14-12-33(21-52)13-15-34)49(68,38-20-37(50)16-17-39(38)51)27-62-29-61(28-56-62)31(2)71-47(66)59(6)43-36(11-9-18-54-43)25-70-42(64)23-58(5)46(65)72-32(3)73-48(67)60(7)44-35(10-8-19-55-44)24-69-41(63)22-53-4/h8-20,26,28-32,53,68H,22-25,27H2,1-7H3/q+1/t30-,31?,32?,49-/m0/s1. The second-order valence-corrected chi connectivity index (χ2v) is 17.4. The van der Waals surface area contributed by atoms with Gasteiger partial charge in [0.25, 0.3) is 6.33 Å². The maximum absolute atomic E-state index is 15.5. The van der Waals surface area contributed by atoms with Crippen molar-refractivity contribution in [2.45, 2.75) is 64.6 Å². The number of esters is 2. The number of nitrogens with one attached hydrogen (secondary N) is 1. The van der Waals surface area contributed by atoms with E-state index in [-0.39, 0.29) is 49.1 Å². The number of halogens is 2. The zero-order chi connectivity index (χ0) is 53.7. The van der Waals surface area contributed by atoms with E-state index < -0.39 is 72.4 Å². The lowest BCUT2D eigenvalue weighted by molar-refractivity contribution is -0.753. The summed E-state index contributed by atoms with van der Waals surface area (Å²) in [5.41, 5.74) is 0.000222. The molecule has 2 aromatic carbocycles. The minimum Gasteiger partial charge on any atom is -0.460 e. The van der Waals surface area contributed by atoms with Crippen molar-refractivity contribution in [2.24, 2.45) is 0 Å². The molecule has 0 aliphatic rings. The van der Waals surface area contributed by atoms with Gasteiger partial charge in [0, 0.05) is 86.0 Å². The molecule has 4 aromatic heterocycles. The molecule has 22 nitrogen and oxygen atoms in total. The van der Waals surface area contributed by atoms with Crippen molar-refractivity contribution < 1.29 is 66.1 Å². The van der Waals surface area contributed by atoms with E-state index in [1.165, 1.54) is 80.6 Å². The van der Waals surface area contributed by atoms with Crippen LogP contribution in [0.4, 0.5) is 34.8 Å².